The first-order chi connectivity index (χ1) is 13.1. The molecule has 0 fully saturated rings. The molecule has 0 bridgehead atoms. The Balaban J connectivity index is 1.78. The molecule has 0 atom stereocenters. The average Bonchev–Trinajstić information content (AvgIpc) is 3.16. The van der Waals surface area contributed by atoms with E-state index in [1.807, 2.05) is 12.1 Å². The zero-order chi connectivity index (χ0) is 19.2. The maximum atomic E-state index is 12.1. The molecule has 7 nitrogen and oxygen atoms in total. The molecular weight excluding hydrogens is 412 g/mol. The number of nitrogens with zero attached hydrogens (tertiary/aromatic N) is 2. The summed E-state index contributed by atoms with van der Waals surface area (Å²) < 4.78 is 11.6. The van der Waals surface area contributed by atoms with Crippen molar-refractivity contribution >= 4 is 28.1 Å². The molecule has 3 rings (SSSR count). The van der Waals surface area contributed by atoms with E-state index in [0.717, 1.165) is 15.7 Å². The number of amides is 1. The van der Waals surface area contributed by atoms with Gasteiger partial charge in [0.1, 0.15) is 11.5 Å². The first-order valence-electron chi connectivity index (χ1n) is 7.97. The van der Waals surface area contributed by atoms with Gasteiger partial charge in [0.2, 0.25) is 0 Å². The molecule has 138 valence electrons. The number of H-pyrrole nitrogens is 1. The summed E-state index contributed by atoms with van der Waals surface area (Å²) in [4.78, 5) is 12.1. The van der Waals surface area contributed by atoms with Gasteiger partial charge in [0.05, 0.1) is 32.3 Å². The van der Waals surface area contributed by atoms with Crippen molar-refractivity contribution in [3.8, 4) is 22.8 Å². The van der Waals surface area contributed by atoms with Gasteiger partial charge in [-0.15, -0.1) is 0 Å². The number of hydrogen-bond acceptors (Lipinski definition) is 5. The van der Waals surface area contributed by atoms with Crippen LogP contribution < -0.4 is 14.9 Å². The zero-order valence-corrected chi connectivity index (χ0v) is 16.3. The van der Waals surface area contributed by atoms with Gasteiger partial charge in [0, 0.05) is 27.2 Å². The van der Waals surface area contributed by atoms with Crippen LogP contribution >= 0.6 is 15.9 Å². The SMILES string of the molecule is COc1ccc(-c2[nH]ncc2/C=N/NC(=O)c2ccc(Br)cc2)c(OC)c1. The lowest BCUT2D eigenvalue weighted by atomic mass is 10.1. The molecule has 1 amide bonds. The number of aromatic amines is 1. The third-order valence-corrected chi connectivity index (χ3v) is 4.35. The van der Waals surface area contributed by atoms with Crippen molar-refractivity contribution < 1.29 is 14.3 Å². The fourth-order valence-corrected chi connectivity index (χ4v) is 2.70. The van der Waals surface area contributed by atoms with Crippen LogP contribution in [0.15, 0.2) is 58.2 Å². The van der Waals surface area contributed by atoms with E-state index in [4.69, 9.17) is 9.47 Å². The van der Waals surface area contributed by atoms with Crippen LogP contribution in [0.25, 0.3) is 11.3 Å². The second kappa shape index (κ2) is 8.50. The Bertz CT molecular complexity index is 967. The first-order valence-corrected chi connectivity index (χ1v) is 8.76. The van der Waals surface area contributed by atoms with Gasteiger partial charge < -0.3 is 9.47 Å². The molecule has 8 heteroatoms. The minimum Gasteiger partial charge on any atom is -0.497 e. The summed E-state index contributed by atoms with van der Waals surface area (Å²) >= 11 is 3.33. The molecule has 0 radical (unpaired) electrons. The molecule has 0 aliphatic carbocycles. The fourth-order valence-electron chi connectivity index (χ4n) is 2.44. The van der Waals surface area contributed by atoms with Gasteiger partial charge in [-0.2, -0.15) is 10.2 Å². The fraction of sp³-hybridized carbons (Fsp3) is 0.105. The van der Waals surface area contributed by atoms with Crippen LogP contribution in [0.5, 0.6) is 11.5 Å². The van der Waals surface area contributed by atoms with Crippen LogP contribution in [0, 0.1) is 0 Å². The smallest absolute Gasteiger partial charge is 0.271 e. The van der Waals surface area contributed by atoms with Crippen LogP contribution in [0.3, 0.4) is 0 Å². The van der Waals surface area contributed by atoms with E-state index in [0.29, 0.717) is 22.6 Å². The first kappa shape index (κ1) is 18.7. The summed E-state index contributed by atoms with van der Waals surface area (Å²) in [7, 11) is 3.18. The standard InChI is InChI=1S/C19H17BrN4O3/c1-26-15-7-8-16(17(9-15)27-2)18-13(10-21-23-18)11-22-24-19(25)12-3-5-14(20)6-4-12/h3-11H,1-2H3,(H,21,23)(H,24,25)/b22-11+. The molecule has 1 heterocycles. The number of ether oxygens (including phenoxy) is 2. The molecule has 0 aliphatic rings. The van der Waals surface area contributed by atoms with Gasteiger partial charge in [-0.25, -0.2) is 5.43 Å². The van der Waals surface area contributed by atoms with Gasteiger partial charge in [-0.1, -0.05) is 15.9 Å². The Hall–Kier alpha value is -3.13. The number of carbonyl (C=O) groups is 1. The van der Waals surface area contributed by atoms with Gasteiger partial charge in [-0.05, 0) is 36.4 Å². The molecule has 0 unspecified atom stereocenters. The van der Waals surface area contributed by atoms with Crippen molar-refractivity contribution in [1.82, 2.24) is 15.6 Å². The largest absolute Gasteiger partial charge is 0.497 e. The Morgan fingerprint density at radius 2 is 1.96 bits per heavy atom. The predicted molar refractivity (Wildman–Crippen MR) is 106 cm³/mol. The maximum absolute atomic E-state index is 12.1. The summed E-state index contributed by atoms with van der Waals surface area (Å²) in [6.45, 7) is 0. The second-order valence-electron chi connectivity index (χ2n) is 5.47. The number of carbonyl (C=O) groups excluding carboxylic acids is 1. The minimum absolute atomic E-state index is 0.300. The van der Waals surface area contributed by atoms with Gasteiger partial charge >= 0.3 is 0 Å². The second-order valence-corrected chi connectivity index (χ2v) is 6.39. The summed E-state index contributed by atoms with van der Waals surface area (Å²) in [6, 6.07) is 12.5. The van der Waals surface area contributed by atoms with E-state index in [9.17, 15) is 4.79 Å². The summed E-state index contributed by atoms with van der Waals surface area (Å²) in [6.07, 6.45) is 3.15. The quantitative estimate of drug-likeness (QED) is 0.463. The molecule has 0 saturated carbocycles. The Morgan fingerprint density at radius 1 is 1.19 bits per heavy atom. The van der Waals surface area contributed by atoms with Crippen molar-refractivity contribution in [3.05, 3.63) is 64.3 Å². The van der Waals surface area contributed by atoms with Crippen molar-refractivity contribution in [2.24, 2.45) is 5.10 Å². The van der Waals surface area contributed by atoms with E-state index >= 15 is 0 Å². The van der Waals surface area contributed by atoms with Crippen molar-refractivity contribution in [2.75, 3.05) is 14.2 Å². The molecule has 2 N–H and O–H groups in total. The summed E-state index contributed by atoms with van der Waals surface area (Å²) in [5, 5.41) is 11.0. The van der Waals surface area contributed by atoms with E-state index in [-0.39, 0.29) is 5.91 Å². The van der Waals surface area contributed by atoms with Crippen molar-refractivity contribution in [2.45, 2.75) is 0 Å². The van der Waals surface area contributed by atoms with Crippen molar-refractivity contribution in [1.29, 1.82) is 0 Å². The van der Waals surface area contributed by atoms with E-state index in [1.165, 1.54) is 6.21 Å². The zero-order valence-electron chi connectivity index (χ0n) is 14.7. The van der Waals surface area contributed by atoms with Gasteiger partial charge in [0.25, 0.3) is 5.91 Å². The minimum atomic E-state index is -0.300. The molecule has 2 aromatic carbocycles. The highest BCUT2D eigenvalue weighted by Crippen LogP contribution is 2.33. The Morgan fingerprint density at radius 3 is 2.67 bits per heavy atom. The topological polar surface area (TPSA) is 88.6 Å². The number of nitrogens with one attached hydrogen (secondary N) is 2. The highest BCUT2D eigenvalue weighted by atomic mass is 79.9. The maximum Gasteiger partial charge on any atom is 0.271 e. The highest BCUT2D eigenvalue weighted by molar-refractivity contribution is 9.10. The highest BCUT2D eigenvalue weighted by Gasteiger charge is 2.13. The van der Waals surface area contributed by atoms with Crippen LogP contribution in [-0.2, 0) is 0 Å². The summed E-state index contributed by atoms with van der Waals surface area (Å²) in [5.74, 6) is 1.02. The molecule has 27 heavy (non-hydrogen) atoms. The average molecular weight is 429 g/mol. The van der Waals surface area contributed by atoms with E-state index in [1.54, 1.807) is 50.7 Å². The molecule has 3 aromatic rings. The Kier molecular flexibility index (Phi) is 5.87. The number of hydrazone groups is 1. The predicted octanol–water partition coefficient (Wildman–Crippen LogP) is 3.62. The molecule has 0 spiro atoms. The molecule has 1 aromatic heterocycles. The van der Waals surface area contributed by atoms with Crippen LogP contribution in [0.2, 0.25) is 0 Å². The van der Waals surface area contributed by atoms with Crippen LogP contribution in [0.4, 0.5) is 0 Å². The molecule has 0 saturated heterocycles. The lowest BCUT2D eigenvalue weighted by Crippen LogP contribution is -2.17. The van der Waals surface area contributed by atoms with E-state index < -0.39 is 0 Å². The van der Waals surface area contributed by atoms with E-state index in [2.05, 4.69) is 36.7 Å². The number of benzene rings is 2. The number of methoxy groups -OCH3 is 2. The normalized spacial score (nSPS) is 10.8. The van der Waals surface area contributed by atoms with Crippen molar-refractivity contribution in [3.63, 3.8) is 0 Å². The number of halogens is 1. The lowest BCUT2D eigenvalue weighted by Gasteiger charge is -2.09. The van der Waals surface area contributed by atoms with Crippen LogP contribution in [0.1, 0.15) is 15.9 Å². The third kappa shape index (κ3) is 4.35. The monoisotopic (exact) mass is 428 g/mol. The molecule has 0 aliphatic heterocycles. The number of rotatable bonds is 6. The number of aromatic nitrogens is 2. The molecular formula is C19H17BrN4O3. The number of hydrogen-bond donors (Lipinski definition) is 2. The van der Waals surface area contributed by atoms with Crippen LogP contribution in [-0.4, -0.2) is 36.5 Å². The Labute approximate surface area is 164 Å². The van der Waals surface area contributed by atoms with Gasteiger partial charge in [0.15, 0.2) is 0 Å². The van der Waals surface area contributed by atoms with Gasteiger partial charge in [-0.3, -0.25) is 9.89 Å². The third-order valence-electron chi connectivity index (χ3n) is 3.82. The lowest BCUT2D eigenvalue weighted by molar-refractivity contribution is 0.0955. The summed E-state index contributed by atoms with van der Waals surface area (Å²) in [5.41, 5.74) is 5.24.